The summed E-state index contributed by atoms with van der Waals surface area (Å²) in [5.41, 5.74) is 1.71. The number of ketones is 1. The molecule has 0 aliphatic carbocycles. The van der Waals surface area contributed by atoms with Crippen LogP contribution < -0.4 is 15.0 Å². The van der Waals surface area contributed by atoms with Crippen molar-refractivity contribution in [2.45, 2.75) is 51.2 Å². The molecule has 0 fully saturated rings. The van der Waals surface area contributed by atoms with E-state index in [4.69, 9.17) is 4.74 Å². The number of rotatable bonds is 10. The topological polar surface area (TPSA) is 112 Å². The van der Waals surface area contributed by atoms with Crippen LogP contribution in [0.25, 0.3) is 11.1 Å². The molecule has 216 valence electrons. The van der Waals surface area contributed by atoms with E-state index >= 15 is 0 Å². The van der Waals surface area contributed by atoms with E-state index in [1.54, 1.807) is 33.2 Å². The van der Waals surface area contributed by atoms with Crippen molar-refractivity contribution in [1.29, 1.82) is 0 Å². The number of nitrogens with one attached hydrogen (secondary N) is 1. The highest BCUT2D eigenvalue weighted by Gasteiger charge is 2.27. The second kappa shape index (κ2) is 12.2. The van der Waals surface area contributed by atoms with Crippen LogP contribution in [-0.2, 0) is 33.6 Å². The predicted octanol–water partition coefficient (Wildman–Crippen LogP) is 4.48. The Morgan fingerprint density at radius 2 is 1.75 bits per heavy atom. The first-order valence-electron chi connectivity index (χ1n) is 12.7. The van der Waals surface area contributed by atoms with E-state index in [2.05, 4.69) is 4.72 Å². The molecule has 0 radical (unpaired) electrons. The number of hydrogen-bond acceptors (Lipinski definition) is 6. The van der Waals surface area contributed by atoms with Crippen LogP contribution in [0.4, 0.5) is 4.39 Å². The lowest BCUT2D eigenvalue weighted by Gasteiger charge is -2.25. The van der Waals surface area contributed by atoms with Gasteiger partial charge in [0.2, 0.25) is 0 Å². The highest BCUT2D eigenvalue weighted by molar-refractivity contribution is 7.90. The third kappa shape index (κ3) is 7.13. The van der Waals surface area contributed by atoms with Gasteiger partial charge in [-0.15, -0.1) is 0 Å². The average molecular weight is 591 g/mol. The van der Waals surface area contributed by atoms with Gasteiger partial charge in [0.1, 0.15) is 11.6 Å². The number of pyridine rings is 1. The van der Waals surface area contributed by atoms with Crippen LogP contribution in [-0.4, -0.2) is 40.6 Å². The van der Waals surface area contributed by atoms with Crippen molar-refractivity contribution >= 4 is 26.6 Å². The van der Waals surface area contributed by atoms with Crippen molar-refractivity contribution in [1.82, 2.24) is 9.29 Å². The maximum atomic E-state index is 13.8. The number of methoxy groups -OCH3 is 1. The number of benzene rings is 2. The monoisotopic (exact) mass is 590 g/mol. The van der Waals surface area contributed by atoms with Gasteiger partial charge in [-0.25, -0.2) is 21.7 Å². The number of ether oxygens (including phenoxy) is 1. The minimum atomic E-state index is -3.48. The number of hydrogen-bond donors (Lipinski definition) is 1. The molecule has 1 heterocycles. The molecule has 2 atom stereocenters. The van der Waals surface area contributed by atoms with Gasteiger partial charge in [0.15, 0.2) is 15.6 Å². The summed E-state index contributed by atoms with van der Waals surface area (Å²) in [7, 11) is -2.01. The summed E-state index contributed by atoms with van der Waals surface area (Å²) in [6.45, 7) is 8.75. The summed E-state index contributed by atoms with van der Waals surface area (Å²) in [5.74, 6) is -1.16. The summed E-state index contributed by atoms with van der Waals surface area (Å²) >= 11 is 0. The van der Waals surface area contributed by atoms with Crippen molar-refractivity contribution in [3.05, 3.63) is 87.1 Å². The molecular weight excluding hydrogens is 555 g/mol. The van der Waals surface area contributed by atoms with Gasteiger partial charge in [0.05, 0.1) is 28.6 Å². The molecule has 0 spiro atoms. The highest BCUT2D eigenvalue weighted by atomic mass is 32.2. The van der Waals surface area contributed by atoms with Gasteiger partial charge in [-0.1, -0.05) is 6.92 Å². The summed E-state index contributed by atoms with van der Waals surface area (Å²) < 4.78 is 61.0. The fraction of sp³-hybridized carbons (Fsp3) is 0.379. The van der Waals surface area contributed by atoms with Gasteiger partial charge in [-0.05, 0) is 75.2 Å². The van der Waals surface area contributed by atoms with Gasteiger partial charge in [-0.3, -0.25) is 9.59 Å². The molecule has 0 amide bonds. The van der Waals surface area contributed by atoms with E-state index in [-0.39, 0.29) is 33.9 Å². The summed E-state index contributed by atoms with van der Waals surface area (Å²) in [6.07, 6.45) is 1.57. The fourth-order valence-electron chi connectivity index (χ4n) is 4.06. The Labute approximate surface area is 237 Å². The Kier molecular flexibility index (Phi) is 9.54. The number of sulfone groups is 1. The normalized spacial score (nSPS) is 13.6. The Bertz CT molecular complexity index is 1610. The minimum Gasteiger partial charge on any atom is -0.496 e. The number of nitrogens with zero attached hydrogens (tertiary/aromatic N) is 1. The standard InChI is InChI=1S/C29H35FN2O6S2/c1-8-40(36,37)17-20-13-23(24(14-26(20)38-7)28(34)19-9-11-21(30)12-10-19)25-16-32(6)27(33)15-22(25)18(2)31-39(35)29(3,4)5/h9-16,18,31H,8,17H2,1-7H3/t18-,39-/m0/s1. The molecule has 40 heavy (non-hydrogen) atoms. The van der Waals surface area contributed by atoms with Crippen LogP contribution >= 0.6 is 0 Å². The summed E-state index contributed by atoms with van der Waals surface area (Å²) in [6, 6.07) is 8.97. The molecule has 8 nitrogen and oxygen atoms in total. The maximum absolute atomic E-state index is 13.8. The Morgan fingerprint density at radius 1 is 1.12 bits per heavy atom. The van der Waals surface area contributed by atoms with Gasteiger partial charge in [-0.2, -0.15) is 0 Å². The zero-order valence-corrected chi connectivity index (χ0v) is 25.3. The van der Waals surface area contributed by atoms with Gasteiger partial charge in [0, 0.05) is 53.4 Å². The molecule has 0 bridgehead atoms. The van der Waals surface area contributed by atoms with Crippen molar-refractivity contribution in [3.63, 3.8) is 0 Å². The first-order chi connectivity index (χ1) is 18.6. The first kappa shape index (κ1) is 31.4. The summed E-state index contributed by atoms with van der Waals surface area (Å²) in [5, 5.41) is 0. The number of carbonyl (C=O) groups is 1. The minimum absolute atomic E-state index is 0.0909. The molecule has 0 saturated heterocycles. The van der Waals surface area contributed by atoms with E-state index in [0.29, 0.717) is 22.3 Å². The lowest BCUT2D eigenvalue weighted by molar-refractivity contribution is 0.103. The molecular formula is C29H35FN2O6S2. The molecule has 0 unspecified atom stereocenters. The zero-order valence-electron chi connectivity index (χ0n) is 23.7. The molecule has 1 N–H and O–H groups in total. The van der Waals surface area contributed by atoms with Crippen molar-refractivity contribution in [2.24, 2.45) is 7.05 Å². The van der Waals surface area contributed by atoms with Crippen LogP contribution in [0.5, 0.6) is 5.75 Å². The van der Waals surface area contributed by atoms with Crippen LogP contribution in [0, 0.1) is 5.82 Å². The molecule has 11 heteroatoms. The SMILES string of the molecule is CCS(=O)(=O)Cc1cc(-c2cn(C)c(=O)cc2[C@H](C)N[S@@](=O)C(C)(C)C)c(C(=O)c2ccc(F)cc2)cc1OC. The van der Waals surface area contributed by atoms with E-state index in [9.17, 15) is 26.6 Å². The first-order valence-corrected chi connectivity index (χ1v) is 15.7. The number of aromatic nitrogens is 1. The van der Waals surface area contributed by atoms with E-state index in [1.807, 2.05) is 20.8 Å². The smallest absolute Gasteiger partial charge is 0.250 e. The zero-order chi connectivity index (χ0) is 30.0. The number of carbonyl (C=O) groups excluding carboxylic acids is 1. The van der Waals surface area contributed by atoms with Gasteiger partial charge in [0.25, 0.3) is 5.56 Å². The van der Waals surface area contributed by atoms with E-state index in [1.165, 1.54) is 48.1 Å². The van der Waals surface area contributed by atoms with Crippen LogP contribution in [0.15, 0.2) is 53.5 Å². The second-order valence-corrected chi connectivity index (χ2v) is 14.9. The van der Waals surface area contributed by atoms with Crippen LogP contribution in [0.2, 0.25) is 0 Å². The van der Waals surface area contributed by atoms with Crippen LogP contribution in [0.3, 0.4) is 0 Å². The molecule has 1 aromatic heterocycles. The molecule has 0 saturated carbocycles. The molecule has 2 aromatic carbocycles. The predicted molar refractivity (Wildman–Crippen MR) is 156 cm³/mol. The quantitative estimate of drug-likeness (QED) is 0.349. The van der Waals surface area contributed by atoms with Crippen molar-refractivity contribution < 1.29 is 26.5 Å². The second-order valence-electron chi connectivity index (χ2n) is 10.5. The Morgan fingerprint density at radius 3 is 2.30 bits per heavy atom. The molecule has 3 aromatic rings. The van der Waals surface area contributed by atoms with Gasteiger partial charge >= 0.3 is 0 Å². The third-order valence-corrected chi connectivity index (χ3v) is 9.75. The maximum Gasteiger partial charge on any atom is 0.250 e. The van der Waals surface area contributed by atoms with Crippen molar-refractivity contribution in [2.75, 3.05) is 12.9 Å². The largest absolute Gasteiger partial charge is 0.496 e. The Hall–Kier alpha value is -3.15. The van der Waals surface area contributed by atoms with Crippen LogP contribution in [0.1, 0.15) is 67.7 Å². The lowest BCUT2D eigenvalue weighted by atomic mass is 9.89. The van der Waals surface area contributed by atoms with E-state index < -0.39 is 43.2 Å². The van der Waals surface area contributed by atoms with E-state index in [0.717, 1.165) is 0 Å². The highest BCUT2D eigenvalue weighted by Crippen LogP contribution is 2.37. The van der Waals surface area contributed by atoms with Gasteiger partial charge < -0.3 is 9.30 Å². The Balaban J connectivity index is 2.36. The fourth-order valence-corrected chi connectivity index (χ4v) is 5.77. The summed E-state index contributed by atoms with van der Waals surface area (Å²) in [4.78, 5) is 26.5. The number of halogens is 1. The molecule has 3 rings (SSSR count). The molecule has 0 aliphatic rings. The average Bonchev–Trinajstić information content (AvgIpc) is 2.89. The third-order valence-electron chi connectivity index (χ3n) is 6.44. The molecule has 0 aliphatic heterocycles. The number of aryl methyl sites for hydroxylation is 1. The lowest BCUT2D eigenvalue weighted by Crippen LogP contribution is -2.35. The van der Waals surface area contributed by atoms with Crippen molar-refractivity contribution in [3.8, 4) is 16.9 Å².